The second-order valence-electron chi connectivity index (χ2n) is 3.12. The number of rotatable bonds is 2. The smallest absolute Gasteiger partial charge is 0.0165 e. The topological polar surface area (TPSA) is 0 Å². The third-order valence-electron chi connectivity index (χ3n) is 1.53. The lowest BCUT2D eigenvalue weighted by molar-refractivity contribution is 0.836. The van der Waals surface area contributed by atoms with Gasteiger partial charge >= 0.3 is 0 Å². The number of hydrogen-bond acceptors (Lipinski definition) is 0. The summed E-state index contributed by atoms with van der Waals surface area (Å²) in [6.07, 6.45) is 2.27. The van der Waals surface area contributed by atoms with Crippen LogP contribution < -0.4 is 0 Å². The van der Waals surface area contributed by atoms with Crippen LogP contribution in [0.25, 0.3) is 3.58 Å². The lowest BCUT2D eigenvalue weighted by Gasteiger charge is -2.00. The summed E-state index contributed by atoms with van der Waals surface area (Å²) in [6, 6.07) is 10.5. The molecule has 0 unspecified atom stereocenters. The zero-order chi connectivity index (χ0) is 8.97. The first-order valence-electron chi connectivity index (χ1n) is 4.13. The minimum absolute atomic E-state index is 0.622. The maximum Gasteiger partial charge on any atom is 0.0165 e. The van der Waals surface area contributed by atoms with Crippen LogP contribution >= 0.6 is 22.6 Å². The van der Waals surface area contributed by atoms with Crippen LogP contribution in [-0.2, 0) is 0 Å². The van der Waals surface area contributed by atoms with Crippen molar-refractivity contribution in [2.24, 2.45) is 5.92 Å². The maximum absolute atomic E-state index is 2.38. The van der Waals surface area contributed by atoms with Crippen molar-refractivity contribution in [2.75, 3.05) is 0 Å². The van der Waals surface area contributed by atoms with E-state index in [0.29, 0.717) is 5.92 Å². The molecule has 0 atom stereocenters. The van der Waals surface area contributed by atoms with E-state index >= 15 is 0 Å². The standard InChI is InChI=1S/C11H13I/c1-9(2)8-11(12)10-6-4-3-5-7-10/h3-9H,1-2H3/b11-8-. The van der Waals surface area contributed by atoms with Gasteiger partial charge in [0.2, 0.25) is 0 Å². The van der Waals surface area contributed by atoms with Crippen molar-refractivity contribution < 1.29 is 0 Å². The van der Waals surface area contributed by atoms with E-state index in [2.05, 4.69) is 66.8 Å². The average Bonchev–Trinajstić information content (AvgIpc) is 2.05. The molecule has 0 aliphatic rings. The molecule has 0 aliphatic heterocycles. The van der Waals surface area contributed by atoms with Crippen molar-refractivity contribution in [1.29, 1.82) is 0 Å². The number of hydrogen-bond donors (Lipinski definition) is 0. The Morgan fingerprint density at radius 2 is 1.83 bits per heavy atom. The quantitative estimate of drug-likeness (QED) is 0.710. The van der Waals surface area contributed by atoms with Gasteiger partial charge in [-0.05, 0) is 34.1 Å². The van der Waals surface area contributed by atoms with Gasteiger partial charge in [0.15, 0.2) is 0 Å². The molecule has 0 saturated carbocycles. The summed E-state index contributed by atoms with van der Waals surface area (Å²) in [7, 11) is 0. The molecule has 12 heavy (non-hydrogen) atoms. The molecular weight excluding hydrogens is 259 g/mol. The first-order chi connectivity index (χ1) is 5.70. The van der Waals surface area contributed by atoms with E-state index in [0.717, 1.165) is 0 Å². The van der Waals surface area contributed by atoms with Gasteiger partial charge in [-0.1, -0.05) is 50.3 Å². The Bertz CT molecular complexity index is 260. The monoisotopic (exact) mass is 272 g/mol. The first kappa shape index (κ1) is 9.78. The highest BCUT2D eigenvalue weighted by molar-refractivity contribution is 14.1. The molecule has 0 aliphatic carbocycles. The molecule has 1 aromatic carbocycles. The summed E-state index contributed by atoms with van der Waals surface area (Å²) in [5, 5.41) is 0. The minimum atomic E-state index is 0.622. The Morgan fingerprint density at radius 3 is 2.33 bits per heavy atom. The fraction of sp³-hybridized carbons (Fsp3) is 0.273. The van der Waals surface area contributed by atoms with Crippen molar-refractivity contribution in [3.05, 3.63) is 42.0 Å². The van der Waals surface area contributed by atoms with E-state index in [9.17, 15) is 0 Å². The van der Waals surface area contributed by atoms with Crippen LogP contribution in [0.15, 0.2) is 36.4 Å². The summed E-state index contributed by atoms with van der Waals surface area (Å²) in [5.74, 6) is 0.622. The predicted molar refractivity (Wildman–Crippen MR) is 63.3 cm³/mol. The van der Waals surface area contributed by atoms with Crippen molar-refractivity contribution in [3.63, 3.8) is 0 Å². The molecule has 0 nitrogen and oxygen atoms in total. The minimum Gasteiger partial charge on any atom is -0.0680 e. The highest BCUT2D eigenvalue weighted by Gasteiger charge is 1.96. The normalized spacial score (nSPS) is 12.2. The zero-order valence-electron chi connectivity index (χ0n) is 7.42. The third-order valence-corrected chi connectivity index (χ3v) is 2.51. The number of benzene rings is 1. The van der Waals surface area contributed by atoms with Gasteiger partial charge in [0.1, 0.15) is 0 Å². The Kier molecular flexibility index (Phi) is 3.79. The van der Waals surface area contributed by atoms with Crippen molar-refractivity contribution in [1.82, 2.24) is 0 Å². The summed E-state index contributed by atoms with van der Waals surface area (Å²) in [5.41, 5.74) is 1.31. The van der Waals surface area contributed by atoms with Crippen LogP contribution in [0, 0.1) is 5.92 Å². The first-order valence-corrected chi connectivity index (χ1v) is 5.21. The predicted octanol–water partition coefficient (Wildman–Crippen LogP) is 4.12. The van der Waals surface area contributed by atoms with Crippen molar-refractivity contribution >= 4 is 26.2 Å². The summed E-state index contributed by atoms with van der Waals surface area (Å²) in [4.78, 5) is 0. The fourth-order valence-electron chi connectivity index (χ4n) is 0.986. The second kappa shape index (κ2) is 4.65. The van der Waals surface area contributed by atoms with E-state index in [1.807, 2.05) is 6.07 Å². The molecule has 1 rings (SSSR count). The maximum atomic E-state index is 2.38. The number of allylic oxidation sites excluding steroid dienone is 1. The van der Waals surface area contributed by atoms with Crippen LogP contribution in [0.2, 0.25) is 0 Å². The Labute approximate surface area is 87.8 Å². The van der Waals surface area contributed by atoms with Crippen LogP contribution in [0.4, 0.5) is 0 Å². The summed E-state index contributed by atoms with van der Waals surface area (Å²) in [6.45, 7) is 4.39. The van der Waals surface area contributed by atoms with E-state index in [4.69, 9.17) is 0 Å². The lowest BCUT2D eigenvalue weighted by atomic mass is 10.1. The van der Waals surface area contributed by atoms with Gasteiger partial charge in [0, 0.05) is 3.58 Å². The van der Waals surface area contributed by atoms with Gasteiger partial charge in [0.25, 0.3) is 0 Å². The molecule has 0 amide bonds. The van der Waals surface area contributed by atoms with Crippen LogP contribution in [0.5, 0.6) is 0 Å². The van der Waals surface area contributed by atoms with E-state index in [1.165, 1.54) is 9.14 Å². The van der Waals surface area contributed by atoms with Crippen LogP contribution in [0.3, 0.4) is 0 Å². The molecule has 0 N–H and O–H groups in total. The Hall–Kier alpha value is -0.310. The van der Waals surface area contributed by atoms with Crippen LogP contribution in [-0.4, -0.2) is 0 Å². The van der Waals surface area contributed by atoms with Gasteiger partial charge in [0.05, 0.1) is 0 Å². The molecule has 0 saturated heterocycles. The van der Waals surface area contributed by atoms with Gasteiger partial charge in [-0.2, -0.15) is 0 Å². The molecule has 64 valence electrons. The van der Waals surface area contributed by atoms with Gasteiger partial charge in [-0.3, -0.25) is 0 Å². The van der Waals surface area contributed by atoms with Crippen LogP contribution in [0.1, 0.15) is 19.4 Å². The summed E-state index contributed by atoms with van der Waals surface area (Å²) >= 11 is 2.38. The Morgan fingerprint density at radius 1 is 1.25 bits per heavy atom. The largest absolute Gasteiger partial charge is 0.0680 e. The zero-order valence-corrected chi connectivity index (χ0v) is 9.58. The van der Waals surface area contributed by atoms with E-state index < -0.39 is 0 Å². The van der Waals surface area contributed by atoms with Crippen molar-refractivity contribution in [3.8, 4) is 0 Å². The highest BCUT2D eigenvalue weighted by Crippen LogP contribution is 2.22. The molecular formula is C11H13I. The molecule has 0 heterocycles. The molecule has 1 heteroatoms. The van der Waals surface area contributed by atoms with Gasteiger partial charge in [-0.25, -0.2) is 0 Å². The van der Waals surface area contributed by atoms with Gasteiger partial charge < -0.3 is 0 Å². The van der Waals surface area contributed by atoms with Gasteiger partial charge in [-0.15, -0.1) is 0 Å². The average molecular weight is 272 g/mol. The molecule has 0 bridgehead atoms. The van der Waals surface area contributed by atoms with E-state index in [1.54, 1.807) is 0 Å². The summed E-state index contributed by atoms with van der Waals surface area (Å²) < 4.78 is 1.34. The SMILES string of the molecule is CC(C)/C=C(\I)c1ccccc1. The molecule has 0 radical (unpaired) electrons. The Balaban J connectivity index is 2.85. The number of halogens is 1. The molecule has 0 fully saturated rings. The molecule has 0 spiro atoms. The second-order valence-corrected chi connectivity index (χ2v) is 4.29. The van der Waals surface area contributed by atoms with E-state index in [-0.39, 0.29) is 0 Å². The highest BCUT2D eigenvalue weighted by atomic mass is 127. The molecule has 1 aromatic rings. The third kappa shape index (κ3) is 2.97. The molecule has 0 aromatic heterocycles. The van der Waals surface area contributed by atoms with Crippen molar-refractivity contribution in [2.45, 2.75) is 13.8 Å². The lowest BCUT2D eigenvalue weighted by Crippen LogP contribution is -1.81. The fourth-order valence-corrected chi connectivity index (χ4v) is 2.07.